The predicted octanol–water partition coefficient (Wildman–Crippen LogP) is 6.18. The summed E-state index contributed by atoms with van der Waals surface area (Å²) in [4.78, 5) is 17.2. The Morgan fingerprint density at radius 2 is 2.09 bits per heavy atom. The molecule has 1 fully saturated rings. The number of aromatic nitrogens is 1. The number of carbonyl (C=O) groups is 1. The number of aryl methyl sites for hydroxylation is 1. The molecule has 35 heavy (non-hydrogen) atoms. The van der Waals surface area contributed by atoms with Crippen molar-refractivity contribution in [3.63, 3.8) is 0 Å². The summed E-state index contributed by atoms with van der Waals surface area (Å²) < 4.78 is 26.6. The molecule has 6 nitrogen and oxygen atoms in total. The lowest BCUT2D eigenvalue weighted by atomic mass is 9.61. The van der Waals surface area contributed by atoms with E-state index in [1.54, 1.807) is 32.2 Å². The molecule has 1 aromatic heterocycles. The van der Waals surface area contributed by atoms with Crippen molar-refractivity contribution in [2.75, 3.05) is 25.6 Å². The normalized spacial score (nSPS) is 21.0. The maximum atomic E-state index is 15.5. The van der Waals surface area contributed by atoms with Crippen LogP contribution in [0.1, 0.15) is 69.1 Å². The third-order valence-electron chi connectivity index (χ3n) is 7.39. The number of halogens is 1. The summed E-state index contributed by atoms with van der Waals surface area (Å²) in [6, 6.07) is 6.47. The molecule has 0 saturated carbocycles. The molecule has 1 amide bonds. The van der Waals surface area contributed by atoms with E-state index >= 15 is 4.39 Å². The molecular formula is C28H38FN3O3. The van der Waals surface area contributed by atoms with E-state index in [4.69, 9.17) is 14.9 Å². The molecule has 0 aliphatic carbocycles. The lowest BCUT2D eigenvalue weighted by molar-refractivity contribution is 0.102. The van der Waals surface area contributed by atoms with Crippen LogP contribution in [0, 0.1) is 35.4 Å². The Morgan fingerprint density at radius 3 is 2.63 bits per heavy atom. The molecule has 3 unspecified atom stereocenters. The van der Waals surface area contributed by atoms with Gasteiger partial charge < -0.3 is 20.2 Å². The Balaban J connectivity index is 1.99. The first-order valence-corrected chi connectivity index (χ1v) is 12.2. The molecule has 0 bridgehead atoms. The lowest BCUT2D eigenvalue weighted by Crippen LogP contribution is -2.43. The molecule has 2 heterocycles. The van der Waals surface area contributed by atoms with Gasteiger partial charge in [-0.05, 0) is 66.0 Å². The van der Waals surface area contributed by atoms with Crippen LogP contribution in [0.5, 0.6) is 5.75 Å². The second-order valence-corrected chi connectivity index (χ2v) is 10.7. The van der Waals surface area contributed by atoms with Gasteiger partial charge in [0.25, 0.3) is 5.91 Å². The minimum atomic E-state index is -0.592. The summed E-state index contributed by atoms with van der Waals surface area (Å²) in [6.45, 7) is 13.0. The van der Waals surface area contributed by atoms with Crippen molar-refractivity contribution < 1.29 is 18.7 Å². The van der Waals surface area contributed by atoms with Gasteiger partial charge >= 0.3 is 0 Å². The van der Waals surface area contributed by atoms with Gasteiger partial charge in [0.2, 0.25) is 0 Å². The van der Waals surface area contributed by atoms with Crippen molar-refractivity contribution in [1.82, 2.24) is 4.98 Å². The summed E-state index contributed by atoms with van der Waals surface area (Å²) in [5.41, 5.74) is 1.81. The van der Waals surface area contributed by atoms with Crippen molar-refractivity contribution in [1.29, 1.82) is 5.41 Å². The average Bonchev–Trinajstić information content (AvgIpc) is 3.19. The number of benzene rings is 1. The number of nitrogens with one attached hydrogen (secondary N) is 2. The Kier molecular flexibility index (Phi) is 8.00. The number of rotatable bonds is 8. The van der Waals surface area contributed by atoms with Gasteiger partial charge in [-0.1, -0.05) is 41.0 Å². The van der Waals surface area contributed by atoms with Crippen LogP contribution in [0.2, 0.25) is 0 Å². The van der Waals surface area contributed by atoms with Crippen LogP contribution < -0.4 is 10.1 Å². The summed E-state index contributed by atoms with van der Waals surface area (Å²) in [7, 11) is 1.55. The third-order valence-corrected chi connectivity index (χ3v) is 7.39. The van der Waals surface area contributed by atoms with Crippen LogP contribution >= 0.6 is 0 Å². The Morgan fingerprint density at radius 1 is 1.37 bits per heavy atom. The van der Waals surface area contributed by atoms with Crippen LogP contribution in [-0.2, 0) is 10.2 Å². The van der Waals surface area contributed by atoms with Gasteiger partial charge in [0, 0.05) is 16.8 Å². The summed E-state index contributed by atoms with van der Waals surface area (Å²) in [5.74, 6) is -0.0237. The second kappa shape index (κ2) is 10.4. The minimum absolute atomic E-state index is 0.0256. The Hall–Kier alpha value is -2.80. The highest BCUT2D eigenvalue weighted by Gasteiger charge is 2.50. The predicted molar refractivity (Wildman–Crippen MR) is 137 cm³/mol. The van der Waals surface area contributed by atoms with E-state index in [1.165, 1.54) is 12.3 Å². The van der Waals surface area contributed by atoms with Crippen molar-refractivity contribution in [2.24, 2.45) is 17.3 Å². The Bertz CT molecular complexity index is 1100. The summed E-state index contributed by atoms with van der Waals surface area (Å²) in [6.07, 6.45) is 2.86. The average molecular weight is 484 g/mol. The number of methoxy groups -OCH3 is 1. The van der Waals surface area contributed by atoms with Crippen molar-refractivity contribution in [3.8, 4) is 5.75 Å². The number of amides is 1. The zero-order valence-electron chi connectivity index (χ0n) is 21.9. The first-order valence-electron chi connectivity index (χ1n) is 12.2. The van der Waals surface area contributed by atoms with E-state index in [0.29, 0.717) is 47.9 Å². The Labute approximate surface area is 208 Å². The third kappa shape index (κ3) is 5.40. The minimum Gasteiger partial charge on any atom is -0.495 e. The molecule has 1 saturated heterocycles. The van der Waals surface area contributed by atoms with Gasteiger partial charge in [-0.2, -0.15) is 0 Å². The van der Waals surface area contributed by atoms with Gasteiger partial charge in [0.1, 0.15) is 17.3 Å². The van der Waals surface area contributed by atoms with E-state index in [1.807, 2.05) is 20.8 Å². The SMILES string of the molecule is CCC(CC(=N)C(C)(C)C)C1(c2cc(NC(=O)c3ncc(OC)cc3C)ccc2F)COCC1C. The van der Waals surface area contributed by atoms with Crippen LogP contribution in [0.25, 0.3) is 0 Å². The molecule has 0 spiro atoms. The van der Waals surface area contributed by atoms with Gasteiger partial charge in [-0.15, -0.1) is 0 Å². The molecule has 3 atom stereocenters. The van der Waals surface area contributed by atoms with E-state index in [2.05, 4.69) is 24.1 Å². The quantitative estimate of drug-likeness (QED) is 0.439. The van der Waals surface area contributed by atoms with E-state index < -0.39 is 5.41 Å². The topological polar surface area (TPSA) is 84.3 Å². The van der Waals surface area contributed by atoms with Crippen LogP contribution in [-0.4, -0.2) is 36.9 Å². The van der Waals surface area contributed by atoms with E-state index in [-0.39, 0.29) is 34.7 Å². The second-order valence-electron chi connectivity index (χ2n) is 10.7. The highest BCUT2D eigenvalue weighted by molar-refractivity contribution is 6.03. The number of pyridine rings is 1. The molecule has 3 rings (SSSR count). The van der Waals surface area contributed by atoms with E-state index in [9.17, 15) is 4.79 Å². The lowest BCUT2D eigenvalue weighted by Gasteiger charge is -2.41. The van der Waals surface area contributed by atoms with Crippen molar-refractivity contribution in [2.45, 2.75) is 59.8 Å². The van der Waals surface area contributed by atoms with Gasteiger partial charge in [-0.3, -0.25) is 4.79 Å². The fraction of sp³-hybridized carbons (Fsp3) is 0.536. The molecule has 190 valence electrons. The summed E-state index contributed by atoms with van der Waals surface area (Å²) >= 11 is 0. The fourth-order valence-electron chi connectivity index (χ4n) is 5.07. The maximum Gasteiger partial charge on any atom is 0.274 e. The zero-order chi connectivity index (χ0) is 26.0. The molecular weight excluding hydrogens is 445 g/mol. The number of nitrogens with zero attached hydrogens (tertiary/aromatic N) is 1. The maximum absolute atomic E-state index is 15.5. The molecule has 2 aromatic rings. The number of hydrogen-bond acceptors (Lipinski definition) is 5. The van der Waals surface area contributed by atoms with Crippen LogP contribution in [0.3, 0.4) is 0 Å². The number of anilines is 1. The van der Waals surface area contributed by atoms with Crippen molar-refractivity contribution >= 4 is 17.3 Å². The van der Waals surface area contributed by atoms with Crippen molar-refractivity contribution in [3.05, 3.63) is 53.1 Å². The molecule has 7 heteroatoms. The first-order chi connectivity index (χ1) is 16.4. The zero-order valence-corrected chi connectivity index (χ0v) is 21.9. The first kappa shape index (κ1) is 26.8. The van der Waals surface area contributed by atoms with E-state index in [0.717, 1.165) is 6.42 Å². The highest BCUT2D eigenvalue weighted by Crippen LogP contribution is 2.49. The number of hydrogen-bond donors (Lipinski definition) is 2. The fourth-order valence-corrected chi connectivity index (χ4v) is 5.07. The molecule has 1 aliphatic heterocycles. The smallest absolute Gasteiger partial charge is 0.274 e. The highest BCUT2D eigenvalue weighted by atomic mass is 19.1. The van der Waals surface area contributed by atoms with Crippen LogP contribution in [0.4, 0.5) is 10.1 Å². The standard InChI is InChI=1S/C28H38FN3O3/c1-8-19(12-24(30)27(4,5)6)28(16-35-15-18(28)3)22-13-20(9-10-23(22)29)32-26(33)25-17(2)11-21(34-7)14-31-25/h9-11,13-14,18-19,30H,8,12,15-16H2,1-7H3,(H,32,33). The molecule has 1 aliphatic rings. The number of ether oxygens (including phenoxy) is 2. The monoisotopic (exact) mass is 483 g/mol. The van der Waals surface area contributed by atoms with Crippen LogP contribution in [0.15, 0.2) is 30.5 Å². The summed E-state index contributed by atoms with van der Waals surface area (Å²) in [5, 5.41) is 11.6. The van der Waals surface area contributed by atoms with Gasteiger partial charge in [0.15, 0.2) is 0 Å². The van der Waals surface area contributed by atoms with Gasteiger partial charge in [0.05, 0.1) is 26.5 Å². The van der Waals surface area contributed by atoms with Gasteiger partial charge in [-0.25, -0.2) is 9.37 Å². The molecule has 2 N–H and O–H groups in total. The molecule has 0 radical (unpaired) electrons. The largest absolute Gasteiger partial charge is 0.495 e. The molecule has 1 aromatic carbocycles. The number of carbonyl (C=O) groups excluding carboxylic acids is 1.